The number of halogens is 1. The van der Waals surface area contributed by atoms with Crippen LogP contribution >= 0.6 is 23.4 Å². The average molecular weight is 403 g/mol. The third-order valence-electron chi connectivity index (χ3n) is 4.77. The van der Waals surface area contributed by atoms with Crippen LogP contribution in [-0.4, -0.2) is 24.7 Å². The number of anilines is 2. The van der Waals surface area contributed by atoms with Crippen LogP contribution in [0.2, 0.25) is 5.02 Å². The van der Waals surface area contributed by atoms with Crippen LogP contribution in [-0.2, 0) is 10.2 Å². The SMILES string of the molecule is CC(C)(C)c1ccc(SCC(=O)Nc2cc(Cl)ccc2N2CCCC2)cc1. The molecule has 0 radical (unpaired) electrons. The van der Waals surface area contributed by atoms with Gasteiger partial charge in [-0.1, -0.05) is 44.5 Å². The normalized spacial score (nSPS) is 14.4. The molecule has 1 aliphatic rings. The summed E-state index contributed by atoms with van der Waals surface area (Å²) in [5, 5.41) is 3.69. The van der Waals surface area contributed by atoms with Crippen molar-refractivity contribution in [3.05, 3.63) is 53.1 Å². The van der Waals surface area contributed by atoms with E-state index in [0.717, 1.165) is 29.4 Å². The lowest BCUT2D eigenvalue weighted by Gasteiger charge is -2.22. The molecule has 5 heteroatoms. The summed E-state index contributed by atoms with van der Waals surface area (Å²) >= 11 is 7.71. The van der Waals surface area contributed by atoms with Crippen LogP contribution in [0.25, 0.3) is 0 Å². The summed E-state index contributed by atoms with van der Waals surface area (Å²) in [5.74, 6) is 0.364. The van der Waals surface area contributed by atoms with Gasteiger partial charge in [-0.15, -0.1) is 11.8 Å². The van der Waals surface area contributed by atoms with Crippen molar-refractivity contribution in [1.82, 2.24) is 0 Å². The third-order valence-corrected chi connectivity index (χ3v) is 6.02. The summed E-state index contributed by atoms with van der Waals surface area (Å²) in [4.78, 5) is 15.9. The zero-order valence-corrected chi connectivity index (χ0v) is 17.8. The number of hydrogen-bond acceptors (Lipinski definition) is 3. The summed E-state index contributed by atoms with van der Waals surface area (Å²) in [6, 6.07) is 14.2. The first-order valence-corrected chi connectivity index (χ1v) is 10.8. The maximum atomic E-state index is 12.5. The molecule has 2 aromatic rings. The van der Waals surface area contributed by atoms with Gasteiger partial charge in [0.1, 0.15) is 0 Å². The zero-order valence-electron chi connectivity index (χ0n) is 16.2. The Kier molecular flexibility index (Phi) is 6.38. The first-order valence-electron chi connectivity index (χ1n) is 9.40. The zero-order chi connectivity index (χ0) is 19.4. The highest BCUT2D eigenvalue weighted by Crippen LogP contribution is 2.32. The van der Waals surface area contributed by atoms with Gasteiger partial charge in [0.15, 0.2) is 0 Å². The van der Waals surface area contributed by atoms with E-state index < -0.39 is 0 Å². The van der Waals surface area contributed by atoms with E-state index in [-0.39, 0.29) is 11.3 Å². The summed E-state index contributed by atoms with van der Waals surface area (Å²) in [6.45, 7) is 8.65. The first-order chi connectivity index (χ1) is 12.8. The summed E-state index contributed by atoms with van der Waals surface area (Å²) in [6.07, 6.45) is 2.38. The van der Waals surface area contributed by atoms with Gasteiger partial charge >= 0.3 is 0 Å². The number of amides is 1. The lowest BCUT2D eigenvalue weighted by Crippen LogP contribution is -2.21. The number of nitrogens with one attached hydrogen (secondary N) is 1. The number of rotatable bonds is 5. The number of hydrogen-bond donors (Lipinski definition) is 1. The molecule has 0 atom stereocenters. The Morgan fingerprint density at radius 1 is 1.11 bits per heavy atom. The predicted molar refractivity (Wildman–Crippen MR) is 117 cm³/mol. The second-order valence-electron chi connectivity index (χ2n) is 7.97. The Morgan fingerprint density at radius 2 is 1.78 bits per heavy atom. The van der Waals surface area contributed by atoms with Crippen LogP contribution in [0.15, 0.2) is 47.4 Å². The van der Waals surface area contributed by atoms with Crippen LogP contribution < -0.4 is 10.2 Å². The summed E-state index contributed by atoms with van der Waals surface area (Å²) in [7, 11) is 0. The van der Waals surface area contributed by atoms with Gasteiger partial charge in [0.25, 0.3) is 0 Å². The topological polar surface area (TPSA) is 32.3 Å². The Labute approximate surface area is 171 Å². The van der Waals surface area contributed by atoms with Gasteiger partial charge in [-0.25, -0.2) is 0 Å². The molecule has 0 spiro atoms. The molecule has 1 N–H and O–H groups in total. The highest BCUT2D eigenvalue weighted by atomic mass is 35.5. The summed E-state index contributed by atoms with van der Waals surface area (Å²) in [5.41, 5.74) is 3.30. The monoisotopic (exact) mass is 402 g/mol. The fourth-order valence-electron chi connectivity index (χ4n) is 3.23. The van der Waals surface area contributed by atoms with Crippen molar-refractivity contribution in [2.75, 3.05) is 29.1 Å². The smallest absolute Gasteiger partial charge is 0.234 e. The fourth-order valence-corrected chi connectivity index (χ4v) is 4.10. The van der Waals surface area contributed by atoms with Crippen molar-refractivity contribution in [3.63, 3.8) is 0 Å². The fraction of sp³-hybridized carbons (Fsp3) is 0.409. The van der Waals surface area contributed by atoms with Crippen LogP contribution in [0.5, 0.6) is 0 Å². The van der Waals surface area contributed by atoms with Gasteiger partial charge in [-0.3, -0.25) is 4.79 Å². The van der Waals surface area contributed by atoms with E-state index in [4.69, 9.17) is 11.6 Å². The largest absolute Gasteiger partial charge is 0.370 e. The Hall–Kier alpha value is -1.65. The van der Waals surface area contributed by atoms with Gasteiger partial charge in [-0.05, 0) is 54.2 Å². The van der Waals surface area contributed by atoms with Gasteiger partial charge in [0, 0.05) is 23.0 Å². The van der Waals surface area contributed by atoms with Crippen LogP contribution in [0.4, 0.5) is 11.4 Å². The molecule has 3 nitrogen and oxygen atoms in total. The van der Waals surface area contributed by atoms with Gasteiger partial charge in [-0.2, -0.15) is 0 Å². The van der Waals surface area contributed by atoms with E-state index in [1.165, 1.54) is 18.4 Å². The molecule has 1 aliphatic heterocycles. The van der Waals surface area contributed by atoms with Crippen molar-refractivity contribution in [2.45, 2.75) is 43.9 Å². The average Bonchev–Trinajstić information content (AvgIpc) is 3.14. The molecule has 0 bridgehead atoms. The molecule has 27 heavy (non-hydrogen) atoms. The maximum Gasteiger partial charge on any atom is 0.234 e. The van der Waals surface area contributed by atoms with Crippen LogP contribution in [0, 0.1) is 0 Å². The molecule has 1 heterocycles. The van der Waals surface area contributed by atoms with Crippen molar-refractivity contribution in [3.8, 4) is 0 Å². The van der Waals surface area contributed by atoms with E-state index in [1.54, 1.807) is 11.8 Å². The summed E-state index contributed by atoms with van der Waals surface area (Å²) < 4.78 is 0. The number of carbonyl (C=O) groups excluding carboxylic acids is 1. The molecule has 0 unspecified atom stereocenters. The highest BCUT2D eigenvalue weighted by Gasteiger charge is 2.18. The Balaban J connectivity index is 1.62. The second kappa shape index (κ2) is 8.57. The third kappa shape index (κ3) is 5.43. The van der Waals surface area contributed by atoms with Crippen molar-refractivity contribution >= 4 is 40.6 Å². The van der Waals surface area contributed by atoms with Gasteiger partial charge in [0.05, 0.1) is 17.1 Å². The van der Waals surface area contributed by atoms with E-state index >= 15 is 0 Å². The number of thioether (sulfide) groups is 1. The molecule has 1 amide bonds. The van der Waals surface area contributed by atoms with Gasteiger partial charge < -0.3 is 10.2 Å². The first kappa shape index (κ1) is 20.1. The van der Waals surface area contributed by atoms with Crippen LogP contribution in [0.3, 0.4) is 0 Å². The van der Waals surface area contributed by atoms with E-state index in [2.05, 4.69) is 55.3 Å². The van der Waals surface area contributed by atoms with E-state index in [1.807, 2.05) is 18.2 Å². The van der Waals surface area contributed by atoms with Gasteiger partial charge in [0.2, 0.25) is 5.91 Å². The number of benzene rings is 2. The maximum absolute atomic E-state index is 12.5. The molecule has 1 fully saturated rings. The van der Waals surface area contributed by atoms with Crippen LogP contribution in [0.1, 0.15) is 39.2 Å². The van der Waals surface area contributed by atoms with E-state index in [9.17, 15) is 4.79 Å². The Bertz CT molecular complexity index is 793. The quantitative estimate of drug-likeness (QED) is 0.625. The van der Waals surface area contributed by atoms with E-state index in [0.29, 0.717) is 10.8 Å². The molecule has 0 aliphatic carbocycles. The molecule has 144 valence electrons. The predicted octanol–water partition coefficient (Wildman–Crippen LogP) is 5.97. The molecule has 0 aromatic heterocycles. The minimum Gasteiger partial charge on any atom is -0.370 e. The minimum absolute atomic E-state index is 0.0115. The van der Waals surface area contributed by atoms with Crippen molar-refractivity contribution < 1.29 is 4.79 Å². The molecule has 3 rings (SSSR count). The minimum atomic E-state index is -0.0115. The molecule has 2 aromatic carbocycles. The number of nitrogens with zero attached hydrogens (tertiary/aromatic N) is 1. The highest BCUT2D eigenvalue weighted by molar-refractivity contribution is 8.00. The Morgan fingerprint density at radius 3 is 2.41 bits per heavy atom. The number of carbonyl (C=O) groups is 1. The lowest BCUT2D eigenvalue weighted by molar-refractivity contribution is -0.113. The molecule has 1 saturated heterocycles. The van der Waals surface area contributed by atoms with Crippen molar-refractivity contribution in [2.24, 2.45) is 0 Å². The standard InChI is InChI=1S/C22H27ClN2OS/c1-22(2,3)16-6-9-18(10-7-16)27-15-21(26)24-19-14-17(23)8-11-20(19)25-12-4-5-13-25/h6-11,14H,4-5,12-13,15H2,1-3H3,(H,24,26). The molecular weight excluding hydrogens is 376 g/mol. The lowest BCUT2D eigenvalue weighted by atomic mass is 9.87. The van der Waals surface area contributed by atoms with Crippen molar-refractivity contribution in [1.29, 1.82) is 0 Å². The molecule has 0 saturated carbocycles. The second-order valence-corrected chi connectivity index (χ2v) is 9.45. The molecular formula is C22H27ClN2OS.